The van der Waals surface area contributed by atoms with E-state index in [9.17, 15) is 0 Å². The molecular formula is C14H27N5. The standard InChI is InChI=1S/C14H27N5/c1-5-11(3)13-7-15-12(4)8-18(13)9-14-16-10-17-19(14)6-2/h10-13,15H,5-9H2,1-4H3. The van der Waals surface area contributed by atoms with Gasteiger partial charge >= 0.3 is 0 Å². The molecule has 1 aliphatic rings. The molecule has 0 bridgehead atoms. The van der Waals surface area contributed by atoms with Crippen LogP contribution in [-0.2, 0) is 13.1 Å². The molecule has 0 amide bonds. The summed E-state index contributed by atoms with van der Waals surface area (Å²) in [6.07, 6.45) is 2.89. The van der Waals surface area contributed by atoms with Crippen molar-refractivity contribution in [3.8, 4) is 0 Å². The Morgan fingerprint density at radius 1 is 1.47 bits per heavy atom. The van der Waals surface area contributed by atoms with Crippen molar-refractivity contribution in [3.63, 3.8) is 0 Å². The van der Waals surface area contributed by atoms with Gasteiger partial charge in [0.15, 0.2) is 0 Å². The van der Waals surface area contributed by atoms with Crippen LogP contribution in [0.25, 0.3) is 0 Å². The summed E-state index contributed by atoms with van der Waals surface area (Å²) in [6, 6.07) is 1.15. The maximum atomic E-state index is 4.42. The maximum Gasteiger partial charge on any atom is 0.141 e. The molecule has 0 saturated carbocycles. The number of hydrogen-bond donors (Lipinski definition) is 1. The highest BCUT2D eigenvalue weighted by molar-refractivity contribution is 4.92. The van der Waals surface area contributed by atoms with Gasteiger partial charge in [0.1, 0.15) is 12.2 Å². The van der Waals surface area contributed by atoms with Crippen LogP contribution in [-0.4, -0.2) is 44.8 Å². The molecule has 0 radical (unpaired) electrons. The lowest BCUT2D eigenvalue weighted by Gasteiger charge is -2.42. The summed E-state index contributed by atoms with van der Waals surface area (Å²) in [6.45, 7) is 13.0. The minimum atomic E-state index is 0.554. The number of aromatic nitrogens is 3. The van der Waals surface area contributed by atoms with Gasteiger partial charge in [-0.1, -0.05) is 20.3 Å². The molecule has 0 aromatic carbocycles. The molecule has 0 spiro atoms. The number of hydrogen-bond acceptors (Lipinski definition) is 4. The lowest BCUT2D eigenvalue weighted by atomic mass is 9.94. The van der Waals surface area contributed by atoms with E-state index in [1.165, 1.54) is 6.42 Å². The van der Waals surface area contributed by atoms with Gasteiger partial charge in [0.2, 0.25) is 0 Å². The second-order valence-electron chi connectivity index (χ2n) is 5.68. The molecule has 2 rings (SSSR count). The molecule has 3 unspecified atom stereocenters. The molecule has 1 aromatic rings. The Morgan fingerprint density at radius 3 is 2.95 bits per heavy atom. The van der Waals surface area contributed by atoms with Crippen molar-refractivity contribution in [1.82, 2.24) is 25.0 Å². The van der Waals surface area contributed by atoms with Crippen molar-refractivity contribution in [1.29, 1.82) is 0 Å². The smallest absolute Gasteiger partial charge is 0.141 e. The number of nitrogens with zero attached hydrogens (tertiary/aromatic N) is 4. The van der Waals surface area contributed by atoms with Crippen LogP contribution >= 0.6 is 0 Å². The van der Waals surface area contributed by atoms with Crippen LogP contribution in [0.4, 0.5) is 0 Å². The molecule has 3 atom stereocenters. The van der Waals surface area contributed by atoms with Gasteiger partial charge in [-0.05, 0) is 19.8 Å². The van der Waals surface area contributed by atoms with E-state index in [4.69, 9.17) is 0 Å². The predicted molar refractivity (Wildman–Crippen MR) is 76.8 cm³/mol. The van der Waals surface area contributed by atoms with Gasteiger partial charge in [0.05, 0.1) is 6.54 Å². The summed E-state index contributed by atoms with van der Waals surface area (Å²) in [5.74, 6) is 1.79. The monoisotopic (exact) mass is 265 g/mol. The van der Waals surface area contributed by atoms with Crippen LogP contribution in [0.3, 0.4) is 0 Å². The molecule has 5 heteroatoms. The molecule has 1 aromatic heterocycles. The average molecular weight is 265 g/mol. The van der Waals surface area contributed by atoms with Crippen LogP contribution in [0.5, 0.6) is 0 Å². The minimum absolute atomic E-state index is 0.554. The van der Waals surface area contributed by atoms with Gasteiger partial charge in [-0.2, -0.15) is 5.10 Å². The topological polar surface area (TPSA) is 46.0 Å². The van der Waals surface area contributed by atoms with Gasteiger partial charge in [-0.15, -0.1) is 0 Å². The van der Waals surface area contributed by atoms with Crippen LogP contribution in [0.2, 0.25) is 0 Å². The number of nitrogens with one attached hydrogen (secondary N) is 1. The zero-order valence-corrected chi connectivity index (χ0v) is 12.6. The summed E-state index contributed by atoms with van der Waals surface area (Å²) in [5, 5.41) is 7.87. The first-order valence-corrected chi connectivity index (χ1v) is 7.49. The van der Waals surface area contributed by atoms with Gasteiger partial charge in [0, 0.05) is 31.7 Å². The Bertz CT molecular complexity index is 389. The van der Waals surface area contributed by atoms with E-state index in [-0.39, 0.29) is 0 Å². The van der Waals surface area contributed by atoms with Gasteiger partial charge in [-0.3, -0.25) is 4.90 Å². The first kappa shape index (κ1) is 14.5. The predicted octanol–water partition coefficient (Wildman–Crippen LogP) is 1.51. The number of rotatable bonds is 5. The van der Waals surface area contributed by atoms with Crippen LogP contribution in [0.1, 0.15) is 39.9 Å². The fourth-order valence-electron chi connectivity index (χ4n) is 2.87. The third kappa shape index (κ3) is 3.34. The molecule has 0 aliphatic carbocycles. The van der Waals surface area contributed by atoms with Gasteiger partial charge in [-0.25, -0.2) is 9.67 Å². The average Bonchev–Trinajstić information content (AvgIpc) is 2.85. The molecule has 108 valence electrons. The van der Waals surface area contributed by atoms with E-state index < -0.39 is 0 Å². The Labute approximate surface area is 116 Å². The van der Waals surface area contributed by atoms with Crippen LogP contribution in [0, 0.1) is 5.92 Å². The Hall–Kier alpha value is -0.940. The van der Waals surface area contributed by atoms with Crippen LogP contribution < -0.4 is 5.32 Å². The van der Waals surface area contributed by atoms with Crippen molar-refractivity contribution in [3.05, 3.63) is 12.2 Å². The molecule has 5 nitrogen and oxygen atoms in total. The van der Waals surface area contributed by atoms with Gasteiger partial charge in [0.25, 0.3) is 0 Å². The Balaban J connectivity index is 2.09. The largest absolute Gasteiger partial charge is 0.311 e. The Kier molecular flexibility index (Phi) is 4.93. The third-order valence-corrected chi connectivity index (χ3v) is 4.29. The Morgan fingerprint density at radius 2 is 2.26 bits per heavy atom. The fourth-order valence-corrected chi connectivity index (χ4v) is 2.87. The van der Waals surface area contributed by atoms with Crippen molar-refractivity contribution in [2.75, 3.05) is 13.1 Å². The first-order valence-electron chi connectivity index (χ1n) is 7.49. The van der Waals surface area contributed by atoms with Crippen molar-refractivity contribution in [2.24, 2.45) is 5.92 Å². The molecule has 1 fully saturated rings. The van der Waals surface area contributed by atoms with Gasteiger partial charge < -0.3 is 5.32 Å². The highest BCUT2D eigenvalue weighted by Gasteiger charge is 2.29. The number of piperazine rings is 1. The van der Waals surface area contributed by atoms with E-state index in [0.717, 1.165) is 32.0 Å². The minimum Gasteiger partial charge on any atom is -0.311 e. The first-order chi connectivity index (χ1) is 9.15. The van der Waals surface area contributed by atoms with E-state index in [0.29, 0.717) is 18.0 Å². The van der Waals surface area contributed by atoms with Crippen molar-refractivity contribution >= 4 is 0 Å². The van der Waals surface area contributed by atoms with E-state index in [1.54, 1.807) is 6.33 Å². The maximum absolute atomic E-state index is 4.42. The van der Waals surface area contributed by atoms with Crippen molar-refractivity contribution < 1.29 is 0 Å². The van der Waals surface area contributed by atoms with Crippen LogP contribution in [0.15, 0.2) is 6.33 Å². The highest BCUT2D eigenvalue weighted by Crippen LogP contribution is 2.20. The summed E-state index contributed by atoms with van der Waals surface area (Å²) >= 11 is 0. The van der Waals surface area contributed by atoms with E-state index in [2.05, 4.69) is 48.0 Å². The SMILES string of the molecule is CCC(C)C1CNC(C)CN1Cc1ncnn1CC. The summed E-state index contributed by atoms with van der Waals surface area (Å²) < 4.78 is 2.00. The molecule has 1 aliphatic heterocycles. The van der Waals surface area contributed by atoms with E-state index >= 15 is 0 Å². The second-order valence-corrected chi connectivity index (χ2v) is 5.68. The number of aryl methyl sites for hydroxylation is 1. The molecule has 19 heavy (non-hydrogen) atoms. The summed E-state index contributed by atoms with van der Waals surface area (Å²) in [4.78, 5) is 6.99. The fraction of sp³-hybridized carbons (Fsp3) is 0.857. The quantitative estimate of drug-likeness (QED) is 0.876. The lowest BCUT2D eigenvalue weighted by Crippen LogP contribution is -2.57. The zero-order valence-electron chi connectivity index (χ0n) is 12.6. The molecular weight excluding hydrogens is 238 g/mol. The molecule has 1 N–H and O–H groups in total. The van der Waals surface area contributed by atoms with Crippen molar-refractivity contribution in [2.45, 2.75) is 59.3 Å². The summed E-state index contributed by atoms with van der Waals surface area (Å²) in [5.41, 5.74) is 0. The normalized spacial score (nSPS) is 26.5. The molecule has 1 saturated heterocycles. The lowest BCUT2D eigenvalue weighted by molar-refractivity contribution is 0.0845. The third-order valence-electron chi connectivity index (χ3n) is 4.29. The highest BCUT2D eigenvalue weighted by atomic mass is 15.4. The second kappa shape index (κ2) is 6.48. The zero-order chi connectivity index (χ0) is 13.8. The summed E-state index contributed by atoms with van der Waals surface area (Å²) in [7, 11) is 0. The molecule has 2 heterocycles. The van der Waals surface area contributed by atoms with E-state index in [1.807, 2.05) is 4.68 Å².